The summed E-state index contributed by atoms with van der Waals surface area (Å²) in [6, 6.07) is 14.5. The highest BCUT2D eigenvalue weighted by Crippen LogP contribution is 2.44. The largest absolute Gasteiger partial charge is 0.497 e. The average Bonchev–Trinajstić information content (AvgIpc) is 3.41. The van der Waals surface area contributed by atoms with E-state index in [2.05, 4.69) is 29.1 Å². The van der Waals surface area contributed by atoms with Crippen molar-refractivity contribution in [2.75, 3.05) is 33.8 Å². The molecule has 2 aliphatic heterocycles. The van der Waals surface area contributed by atoms with Crippen molar-refractivity contribution in [2.45, 2.75) is 6.04 Å². The minimum atomic E-state index is 0.139. The third kappa shape index (κ3) is 2.79. The zero-order chi connectivity index (χ0) is 19.3. The molecule has 3 heterocycles. The molecule has 3 aromatic rings. The summed E-state index contributed by atoms with van der Waals surface area (Å²) in [6.07, 6.45) is 0. The van der Waals surface area contributed by atoms with E-state index in [-0.39, 0.29) is 5.91 Å². The maximum absolute atomic E-state index is 13.3. The number of hydrogen-bond acceptors (Lipinski definition) is 5. The van der Waals surface area contributed by atoms with Crippen molar-refractivity contribution < 1.29 is 9.53 Å². The highest BCUT2D eigenvalue weighted by atomic mass is 32.1. The van der Waals surface area contributed by atoms with E-state index in [0.717, 1.165) is 41.2 Å². The summed E-state index contributed by atoms with van der Waals surface area (Å²) in [5, 5.41) is 0. The van der Waals surface area contributed by atoms with E-state index in [0.29, 0.717) is 17.9 Å². The number of carbonyl (C=O) groups is 1. The summed E-state index contributed by atoms with van der Waals surface area (Å²) in [4.78, 5) is 22.1. The summed E-state index contributed by atoms with van der Waals surface area (Å²) >= 11 is 1.54. The van der Waals surface area contributed by atoms with Crippen LogP contribution in [0.3, 0.4) is 0 Å². The lowest BCUT2D eigenvalue weighted by molar-refractivity contribution is 0.0770. The highest BCUT2D eigenvalue weighted by Gasteiger charge is 2.47. The van der Waals surface area contributed by atoms with Gasteiger partial charge in [-0.05, 0) is 42.8 Å². The second-order valence-electron chi connectivity index (χ2n) is 7.80. The highest BCUT2D eigenvalue weighted by molar-refractivity contribution is 7.17. The number of ether oxygens (including phenoxy) is 1. The molecule has 1 amide bonds. The van der Waals surface area contributed by atoms with E-state index in [1.54, 1.807) is 18.4 Å². The van der Waals surface area contributed by atoms with E-state index in [1.165, 1.54) is 5.56 Å². The number of fused-ring (bicyclic) bond motifs is 2. The van der Waals surface area contributed by atoms with Crippen LogP contribution in [0, 0.1) is 11.8 Å². The van der Waals surface area contributed by atoms with E-state index in [9.17, 15) is 4.79 Å². The fraction of sp³-hybridized carbons (Fsp3) is 0.364. The van der Waals surface area contributed by atoms with Gasteiger partial charge in [-0.15, -0.1) is 11.3 Å². The first-order valence-corrected chi connectivity index (χ1v) is 10.5. The number of benzene rings is 2. The van der Waals surface area contributed by atoms with Gasteiger partial charge in [-0.1, -0.05) is 18.2 Å². The van der Waals surface area contributed by atoms with E-state index in [1.807, 2.05) is 40.7 Å². The lowest BCUT2D eigenvalue weighted by Crippen LogP contribution is -2.33. The lowest BCUT2D eigenvalue weighted by Gasteiger charge is -2.27. The number of methoxy groups -OCH3 is 1. The molecule has 2 saturated heterocycles. The summed E-state index contributed by atoms with van der Waals surface area (Å²) in [7, 11) is 3.88. The Morgan fingerprint density at radius 1 is 1.14 bits per heavy atom. The number of thiazole rings is 1. The van der Waals surface area contributed by atoms with Crippen LogP contribution < -0.4 is 4.74 Å². The van der Waals surface area contributed by atoms with E-state index >= 15 is 0 Å². The molecule has 2 aromatic carbocycles. The molecule has 0 N–H and O–H groups in total. The molecular weight excluding hydrogens is 370 g/mol. The molecule has 5 nitrogen and oxygen atoms in total. The molecule has 6 heteroatoms. The average molecular weight is 394 g/mol. The predicted octanol–water partition coefficient (Wildman–Crippen LogP) is 3.68. The molecule has 1 aromatic heterocycles. The van der Waals surface area contributed by atoms with Gasteiger partial charge >= 0.3 is 0 Å². The van der Waals surface area contributed by atoms with Crippen molar-refractivity contribution >= 4 is 27.5 Å². The van der Waals surface area contributed by atoms with Crippen LogP contribution in [0.1, 0.15) is 22.0 Å². The maximum atomic E-state index is 13.3. The Kier molecular flexibility index (Phi) is 4.33. The maximum Gasteiger partial charge on any atom is 0.255 e. The molecule has 2 aliphatic rings. The van der Waals surface area contributed by atoms with Gasteiger partial charge in [0.1, 0.15) is 5.75 Å². The Morgan fingerprint density at radius 3 is 2.75 bits per heavy atom. The van der Waals surface area contributed by atoms with Gasteiger partial charge in [-0.2, -0.15) is 0 Å². The summed E-state index contributed by atoms with van der Waals surface area (Å²) in [6.45, 7) is 2.66. The van der Waals surface area contributed by atoms with Crippen molar-refractivity contribution in [2.24, 2.45) is 11.8 Å². The zero-order valence-electron chi connectivity index (χ0n) is 16.0. The number of nitrogens with zero attached hydrogens (tertiary/aromatic N) is 3. The molecule has 0 spiro atoms. The normalized spacial score (nSPS) is 24.6. The summed E-state index contributed by atoms with van der Waals surface area (Å²) in [5.41, 5.74) is 4.81. The van der Waals surface area contributed by atoms with Crippen LogP contribution in [0.25, 0.3) is 10.2 Å². The molecule has 0 saturated carbocycles. The minimum absolute atomic E-state index is 0.139. The summed E-state index contributed by atoms with van der Waals surface area (Å²) in [5.74, 6) is 1.99. The first-order valence-electron chi connectivity index (χ1n) is 9.61. The van der Waals surface area contributed by atoms with Gasteiger partial charge in [0.05, 0.1) is 28.4 Å². The SMILES string of the molecule is COc1ccc([C@@H]2[C@@H]3CN(C(=O)c4cccc5ncsc45)C[C@@H]3CN2C)cc1. The molecule has 144 valence electrons. The number of rotatable bonds is 3. The second-order valence-corrected chi connectivity index (χ2v) is 8.65. The van der Waals surface area contributed by atoms with Crippen LogP contribution in [-0.4, -0.2) is 54.5 Å². The van der Waals surface area contributed by atoms with Crippen LogP contribution in [0.4, 0.5) is 0 Å². The monoisotopic (exact) mass is 393 g/mol. The van der Waals surface area contributed by atoms with Gasteiger partial charge in [0.2, 0.25) is 0 Å². The van der Waals surface area contributed by atoms with Crippen molar-refractivity contribution in [3.63, 3.8) is 0 Å². The number of carbonyl (C=O) groups excluding carboxylic acids is 1. The van der Waals surface area contributed by atoms with Crippen LogP contribution in [-0.2, 0) is 0 Å². The Morgan fingerprint density at radius 2 is 1.96 bits per heavy atom. The zero-order valence-corrected chi connectivity index (χ0v) is 16.9. The van der Waals surface area contributed by atoms with Gasteiger partial charge in [0.25, 0.3) is 5.91 Å². The third-order valence-corrected chi connectivity index (χ3v) is 7.10. The number of amides is 1. The molecule has 28 heavy (non-hydrogen) atoms. The van der Waals surface area contributed by atoms with Crippen molar-refractivity contribution in [1.82, 2.24) is 14.8 Å². The Hall–Kier alpha value is -2.44. The molecule has 5 rings (SSSR count). The lowest BCUT2D eigenvalue weighted by atomic mass is 9.89. The minimum Gasteiger partial charge on any atom is -0.497 e. The Labute approximate surface area is 168 Å². The van der Waals surface area contributed by atoms with E-state index in [4.69, 9.17) is 4.74 Å². The summed E-state index contributed by atoms with van der Waals surface area (Å²) < 4.78 is 6.29. The molecule has 3 atom stereocenters. The first-order chi connectivity index (χ1) is 13.7. The van der Waals surface area contributed by atoms with Crippen LogP contribution in [0.15, 0.2) is 48.0 Å². The number of likely N-dealkylation sites (tertiary alicyclic amines) is 2. The quantitative estimate of drug-likeness (QED) is 0.681. The van der Waals surface area contributed by atoms with Gasteiger partial charge in [-0.25, -0.2) is 4.98 Å². The predicted molar refractivity (Wildman–Crippen MR) is 111 cm³/mol. The topological polar surface area (TPSA) is 45.7 Å². The van der Waals surface area contributed by atoms with Crippen molar-refractivity contribution in [3.05, 3.63) is 59.1 Å². The number of aromatic nitrogens is 1. The van der Waals surface area contributed by atoms with Crippen molar-refractivity contribution in [3.8, 4) is 5.75 Å². The molecule has 2 fully saturated rings. The second kappa shape index (κ2) is 6.87. The van der Waals surface area contributed by atoms with Crippen LogP contribution in [0.5, 0.6) is 5.75 Å². The molecule has 0 aliphatic carbocycles. The molecule has 0 unspecified atom stereocenters. The third-order valence-electron chi connectivity index (χ3n) is 6.23. The molecule has 0 radical (unpaired) electrons. The smallest absolute Gasteiger partial charge is 0.255 e. The van der Waals surface area contributed by atoms with E-state index < -0.39 is 0 Å². The Bertz CT molecular complexity index is 1020. The van der Waals surface area contributed by atoms with Gasteiger partial charge in [-0.3, -0.25) is 9.69 Å². The fourth-order valence-corrected chi connectivity index (χ4v) is 5.75. The van der Waals surface area contributed by atoms with Gasteiger partial charge in [0, 0.05) is 31.6 Å². The molecular formula is C22H23N3O2S. The van der Waals surface area contributed by atoms with Crippen molar-refractivity contribution in [1.29, 1.82) is 0 Å². The van der Waals surface area contributed by atoms with Gasteiger partial charge in [0.15, 0.2) is 0 Å². The first kappa shape index (κ1) is 17.6. The fourth-order valence-electron chi connectivity index (χ4n) is 4.95. The van der Waals surface area contributed by atoms with Gasteiger partial charge < -0.3 is 9.64 Å². The van der Waals surface area contributed by atoms with Crippen LogP contribution >= 0.6 is 11.3 Å². The Balaban J connectivity index is 1.40. The molecule has 0 bridgehead atoms. The van der Waals surface area contributed by atoms with Crippen LogP contribution in [0.2, 0.25) is 0 Å². The standard InChI is InChI=1S/C22H23N3O2S/c1-24-10-15-11-25(22(26)17-4-3-5-19-21(17)28-13-23-19)12-18(15)20(24)14-6-8-16(27-2)9-7-14/h3-9,13,15,18,20H,10-12H2,1-2H3/t15-,18+,20+/m0/s1. The number of hydrogen-bond donors (Lipinski definition) is 0.